The molecule has 0 spiro atoms. The minimum Gasteiger partial charge on any atom is -0.381 e. The molecular formula is C13H19BrN2O. The fourth-order valence-electron chi connectivity index (χ4n) is 2.38. The van der Waals surface area contributed by atoms with Gasteiger partial charge in [-0.3, -0.25) is 4.98 Å². The molecule has 0 radical (unpaired) electrons. The summed E-state index contributed by atoms with van der Waals surface area (Å²) in [6.07, 6.45) is 4.09. The summed E-state index contributed by atoms with van der Waals surface area (Å²) in [6, 6.07) is 4.35. The average molecular weight is 299 g/mol. The highest BCUT2D eigenvalue weighted by molar-refractivity contribution is 9.10. The van der Waals surface area contributed by atoms with E-state index in [1.54, 1.807) is 0 Å². The first-order valence-corrected chi connectivity index (χ1v) is 7.03. The van der Waals surface area contributed by atoms with Gasteiger partial charge >= 0.3 is 0 Å². The lowest BCUT2D eigenvalue weighted by molar-refractivity contribution is 0.0532. The molecule has 1 N–H and O–H groups in total. The van der Waals surface area contributed by atoms with Crippen molar-refractivity contribution in [3.05, 3.63) is 28.5 Å². The molecule has 2 rings (SSSR count). The van der Waals surface area contributed by atoms with Gasteiger partial charge in [-0.15, -0.1) is 0 Å². The van der Waals surface area contributed by atoms with Gasteiger partial charge in [-0.05, 0) is 53.4 Å². The molecule has 1 aliphatic rings. The third-order valence-electron chi connectivity index (χ3n) is 3.24. The summed E-state index contributed by atoms with van der Waals surface area (Å²) in [5, 5.41) is 3.56. The summed E-state index contributed by atoms with van der Waals surface area (Å²) < 4.78 is 6.53. The van der Waals surface area contributed by atoms with Gasteiger partial charge in [0, 0.05) is 23.9 Å². The Kier molecular flexibility index (Phi) is 4.95. The zero-order valence-electron chi connectivity index (χ0n) is 10.2. The van der Waals surface area contributed by atoms with Crippen LogP contribution in [-0.2, 0) is 4.74 Å². The quantitative estimate of drug-likeness (QED) is 0.928. The van der Waals surface area contributed by atoms with Crippen LogP contribution in [-0.4, -0.2) is 24.7 Å². The molecule has 1 atom stereocenters. The van der Waals surface area contributed by atoms with E-state index in [1.165, 1.54) is 0 Å². The minimum atomic E-state index is 0.333. The molecule has 1 aromatic rings. The second-order valence-electron chi connectivity index (χ2n) is 4.36. The van der Waals surface area contributed by atoms with Crippen LogP contribution in [0.2, 0.25) is 0 Å². The molecule has 0 saturated carbocycles. The summed E-state index contributed by atoms with van der Waals surface area (Å²) >= 11 is 3.60. The summed E-state index contributed by atoms with van der Waals surface area (Å²) in [6.45, 7) is 4.85. The molecule has 0 amide bonds. The van der Waals surface area contributed by atoms with Crippen LogP contribution >= 0.6 is 15.9 Å². The van der Waals surface area contributed by atoms with Crippen LogP contribution in [0.3, 0.4) is 0 Å². The first-order valence-electron chi connectivity index (χ1n) is 6.24. The van der Waals surface area contributed by atoms with Crippen molar-refractivity contribution in [1.82, 2.24) is 10.3 Å². The van der Waals surface area contributed by atoms with E-state index in [-0.39, 0.29) is 0 Å². The zero-order chi connectivity index (χ0) is 12.1. The van der Waals surface area contributed by atoms with Crippen LogP contribution in [0.25, 0.3) is 0 Å². The molecule has 1 aliphatic heterocycles. The molecule has 0 bridgehead atoms. The zero-order valence-corrected chi connectivity index (χ0v) is 11.7. The van der Waals surface area contributed by atoms with E-state index in [9.17, 15) is 0 Å². The molecule has 94 valence electrons. The predicted octanol–water partition coefficient (Wildman–Crippen LogP) is 2.92. The third-order valence-corrected chi connectivity index (χ3v) is 3.91. The number of aromatic nitrogens is 1. The van der Waals surface area contributed by atoms with Crippen molar-refractivity contribution in [3.8, 4) is 0 Å². The average Bonchev–Trinajstić information content (AvgIpc) is 2.38. The van der Waals surface area contributed by atoms with Gasteiger partial charge in [-0.25, -0.2) is 0 Å². The van der Waals surface area contributed by atoms with E-state index >= 15 is 0 Å². The Labute approximate surface area is 111 Å². The minimum absolute atomic E-state index is 0.333. The molecule has 17 heavy (non-hydrogen) atoms. The molecule has 1 unspecified atom stereocenters. The number of ether oxygens (including phenoxy) is 1. The van der Waals surface area contributed by atoms with E-state index in [4.69, 9.17) is 4.74 Å². The Hall–Kier alpha value is -0.450. The SMILES string of the molecule is CCNC(c1ncccc1Br)C1CCOCC1. The summed E-state index contributed by atoms with van der Waals surface area (Å²) in [4.78, 5) is 4.52. The Morgan fingerprint density at radius 3 is 2.94 bits per heavy atom. The molecule has 0 aromatic carbocycles. The van der Waals surface area contributed by atoms with Gasteiger partial charge in [0.2, 0.25) is 0 Å². The predicted molar refractivity (Wildman–Crippen MR) is 71.9 cm³/mol. The van der Waals surface area contributed by atoms with Crippen LogP contribution < -0.4 is 5.32 Å². The fourth-order valence-corrected chi connectivity index (χ4v) is 2.88. The van der Waals surface area contributed by atoms with Crippen molar-refractivity contribution < 1.29 is 4.74 Å². The Balaban J connectivity index is 2.18. The van der Waals surface area contributed by atoms with Crippen molar-refractivity contribution in [3.63, 3.8) is 0 Å². The van der Waals surface area contributed by atoms with Crippen molar-refractivity contribution >= 4 is 15.9 Å². The van der Waals surface area contributed by atoms with Gasteiger partial charge in [0.1, 0.15) is 0 Å². The number of halogens is 1. The molecule has 3 nitrogen and oxygen atoms in total. The molecular weight excluding hydrogens is 280 g/mol. The lowest BCUT2D eigenvalue weighted by Gasteiger charge is -2.31. The van der Waals surface area contributed by atoms with E-state index < -0.39 is 0 Å². The highest BCUT2D eigenvalue weighted by atomic mass is 79.9. The van der Waals surface area contributed by atoms with E-state index in [0.29, 0.717) is 12.0 Å². The Morgan fingerprint density at radius 2 is 2.29 bits per heavy atom. The highest BCUT2D eigenvalue weighted by Gasteiger charge is 2.26. The van der Waals surface area contributed by atoms with E-state index in [1.807, 2.05) is 12.3 Å². The topological polar surface area (TPSA) is 34.2 Å². The largest absolute Gasteiger partial charge is 0.381 e. The van der Waals surface area contributed by atoms with Gasteiger partial charge in [0.15, 0.2) is 0 Å². The molecule has 4 heteroatoms. The lowest BCUT2D eigenvalue weighted by Crippen LogP contribution is -2.32. The van der Waals surface area contributed by atoms with Crippen LogP contribution in [0, 0.1) is 5.92 Å². The number of nitrogens with zero attached hydrogens (tertiary/aromatic N) is 1. The fraction of sp³-hybridized carbons (Fsp3) is 0.615. The normalized spacial score (nSPS) is 19.2. The molecule has 1 aromatic heterocycles. The number of hydrogen-bond acceptors (Lipinski definition) is 3. The van der Waals surface area contributed by atoms with Crippen LogP contribution in [0.1, 0.15) is 31.5 Å². The summed E-state index contributed by atoms with van der Waals surface area (Å²) in [7, 11) is 0. The van der Waals surface area contributed by atoms with Crippen LogP contribution in [0.5, 0.6) is 0 Å². The maximum Gasteiger partial charge on any atom is 0.0717 e. The smallest absolute Gasteiger partial charge is 0.0717 e. The standard InChI is InChI=1S/C13H19BrN2O/c1-2-15-12(10-5-8-17-9-6-10)13-11(14)4-3-7-16-13/h3-4,7,10,12,15H,2,5-6,8-9H2,1H3. The molecule has 1 saturated heterocycles. The summed E-state index contributed by atoms with van der Waals surface area (Å²) in [5.74, 6) is 0.620. The Bertz CT molecular complexity index is 353. The monoisotopic (exact) mass is 298 g/mol. The summed E-state index contributed by atoms with van der Waals surface area (Å²) in [5.41, 5.74) is 1.13. The first kappa shape index (κ1) is 13.0. The third kappa shape index (κ3) is 3.27. The van der Waals surface area contributed by atoms with Crippen LogP contribution in [0.15, 0.2) is 22.8 Å². The van der Waals surface area contributed by atoms with Crippen molar-refractivity contribution in [2.24, 2.45) is 5.92 Å². The van der Waals surface area contributed by atoms with E-state index in [2.05, 4.69) is 39.2 Å². The van der Waals surface area contributed by atoms with Crippen molar-refractivity contribution in [2.45, 2.75) is 25.8 Å². The maximum absolute atomic E-state index is 5.43. The van der Waals surface area contributed by atoms with Gasteiger partial charge < -0.3 is 10.1 Å². The van der Waals surface area contributed by atoms with Gasteiger partial charge in [-0.2, -0.15) is 0 Å². The highest BCUT2D eigenvalue weighted by Crippen LogP contribution is 2.32. The van der Waals surface area contributed by atoms with Crippen LogP contribution in [0.4, 0.5) is 0 Å². The van der Waals surface area contributed by atoms with E-state index in [0.717, 1.165) is 42.8 Å². The van der Waals surface area contributed by atoms with Gasteiger partial charge in [0.25, 0.3) is 0 Å². The van der Waals surface area contributed by atoms with Gasteiger partial charge in [0.05, 0.1) is 11.7 Å². The number of rotatable bonds is 4. The lowest BCUT2D eigenvalue weighted by atomic mass is 9.89. The molecule has 2 heterocycles. The molecule has 0 aliphatic carbocycles. The number of pyridine rings is 1. The number of nitrogens with one attached hydrogen (secondary N) is 1. The maximum atomic E-state index is 5.43. The Morgan fingerprint density at radius 1 is 1.53 bits per heavy atom. The molecule has 1 fully saturated rings. The first-order chi connectivity index (χ1) is 8.33. The van der Waals surface area contributed by atoms with Crippen molar-refractivity contribution in [1.29, 1.82) is 0 Å². The number of hydrogen-bond donors (Lipinski definition) is 1. The second kappa shape index (κ2) is 6.47. The van der Waals surface area contributed by atoms with Gasteiger partial charge in [-0.1, -0.05) is 6.92 Å². The second-order valence-corrected chi connectivity index (χ2v) is 5.21. The van der Waals surface area contributed by atoms with Crippen molar-refractivity contribution in [2.75, 3.05) is 19.8 Å².